The summed E-state index contributed by atoms with van der Waals surface area (Å²) in [6, 6.07) is 3.17. The fourth-order valence-corrected chi connectivity index (χ4v) is 2.57. The number of ether oxygens (including phenoxy) is 1. The molecular weight excluding hydrogens is 266 g/mol. The van der Waals surface area contributed by atoms with Crippen molar-refractivity contribution in [1.29, 1.82) is 0 Å². The number of phenols is 2. The summed E-state index contributed by atoms with van der Waals surface area (Å²) in [6.45, 7) is 1.21. The van der Waals surface area contributed by atoms with Gasteiger partial charge < -0.3 is 20.3 Å². The SMILES string of the molecule is Oc1cc2c(cc1O)C(COc1cnsn1)NCC2. The third-order valence-corrected chi connectivity index (χ3v) is 3.60. The molecule has 7 heteroatoms. The Morgan fingerprint density at radius 3 is 3.00 bits per heavy atom. The quantitative estimate of drug-likeness (QED) is 0.732. The third-order valence-electron chi connectivity index (χ3n) is 3.14. The molecule has 0 saturated carbocycles. The summed E-state index contributed by atoms with van der Waals surface area (Å²) in [4.78, 5) is 0. The average Bonchev–Trinajstić information content (AvgIpc) is 2.91. The van der Waals surface area contributed by atoms with E-state index in [9.17, 15) is 10.2 Å². The zero-order chi connectivity index (χ0) is 13.2. The Balaban J connectivity index is 1.80. The van der Waals surface area contributed by atoms with Crippen LogP contribution in [0, 0.1) is 0 Å². The molecule has 1 aromatic carbocycles. The Labute approximate surface area is 114 Å². The lowest BCUT2D eigenvalue weighted by atomic mass is 9.94. The van der Waals surface area contributed by atoms with Gasteiger partial charge in [-0.15, -0.1) is 4.37 Å². The number of rotatable bonds is 3. The normalized spacial score (nSPS) is 18.0. The van der Waals surface area contributed by atoms with Gasteiger partial charge in [0.2, 0.25) is 5.88 Å². The van der Waals surface area contributed by atoms with Gasteiger partial charge in [-0.05, 0) is 36.2 Å². The molecule has 0 fully saturated rings. The molecule has 19 heavy (non-hydrogen) atoms. The van der Waals surface area contributed by atoms with Crippen molar-refractivity contribution < 1.29 is 14.9 Å². The molecule has 1 unspecified atom stereocenters. The van der Waals surface area contributed by atoms with Gasteiger partial charge in [-0.3, -0.25) is 0 Å². The molecule has 0 amide bonds. The second kappa shape index (κ2) is 5.02. The van der Waals surface area contributed by atoms with Crippen LogP contribution in [0.3, 0.4) is 0 Å². The van der Waals surface area contributed by atoms with E-state index < -0.39 is 0 Å². The molecule has 100 valence electrons. The molecule has 3 rings (SSSR count). The molecule has 0 aliphatic carbocycles. The van der Waals surface area contributed by atoms with E-state index in [1.165, 1.54) is 0 Å². The Morgan fingerprint density at radius 2 is 2.21 bits per heavy atom. The Kier molecular flexibility index (Phi) is 3.22. The largest absolute Gasteiger partial charge is 0.504 e. The zero-order valence-electron chi connectivity index (χ0n) is 10.0. The highest BCUT2D eigenvalue weighted by Crippen LogP contribution is 2.33. The van der Waals surface area contributed by atoms with E-state index >= 15 is 0 Å². The summed E-state index contributed by atoms with van der Waals surface area (Å²) in [7, 11) is 0. The van der Waals surface area contributed by atoms with Crippen LogP contribution in [-0.4, -0.2) is 32.1 Å². The van der Waals surface area contributed by atoms with E-state index in [0.29, 0.717) is 12.5 Å². The summed E-state index contributed by atoms with van der Waals surface area (Å²) < 4.78 is 13.4. The fourth-order valence-electron chi connectivity index (χ4n) is 2.21. The standard InChI is InChI=1S/C12H13N3O3S/c16-10-3-7-1-2-13-9(8(7)4-11(10)17)6-18-12-5-14-19-15-12/h3-5,9,13,16-17H,1-2,6H2. The number of hydrogen-bond donors (Lipinski definition) is 3. The maximum absolute atomic E-state index is 9.61. The highest BCUT2D eigenvalue weighted by atomic mass is 32.1. The smallest absolute Gasteiger partial charge is 0.245 e. The number of nitrogens with zero attached hydrogens (tertiary/aromatic N) is 2. The molecule has 6 nitrogen and oxygen atoms in total. The van der Waals surface area contributed by atoms with E-state index in [1.54, 1.807) is 18.3 Å². The van der Waals surface area contributed by atoms with Crippen LogP contribution in [0.2, 0.25) is 0 Å². The van der Waals surface area contributed by atoms with Gasteiger partial charge in [-0.2, -0.15) is 4.37 Å². The third kappa shape index (κ3) is 2.47. The molecule has 1 aromatic heterocycles. The number of aromatic nitrogens is 2. The number of nitrogens with one attached hydrogen (secondary N) is 1. The molecular formula is C12H13N3O3S. The summed E-state index contributed by atoms with van der Waals surface area (Å²) >= 11 is 1.10. The van der Waals surface area contributed by atoms with E-state index in [0.717, 1.165) is 35.8 Å². The van der Waals surface area contributed by atoms with Crippen molar-refractivity contribution >= 4 is 11.7 Å². The van der Waals surface area contributed by atoms with Crippen LogP contribution in [-0.2, 0) is 6.42 Å². The molecule has 0 saturated heterocycles. The maximum atomic E-state index is 9.61. The minimum Gasteiger partial charge on any atom is -0.504 e. The first kappa shape index (κ1) is 12.2. The predicted octanol–water partition coefficient (Wildman–Crippen LogP) is 1.22. The van der Waals surface area contributed by atoms with E-state index in [4.69, 9.17) is 4.74 Å². The van der Waals surface area contributed by atoms with Crippen molar-refractivity contribution in [2.45, 2.75) is 12.5 Å². The van der Waals surface area contributed by atoms with Crippen LogP contribution in [0.25, 0.3) is 0 Å². The molecule has 1 atom stereocenters. The second-order valence-electron chi connectivity index (χ2n) is 4.35. The number of aromatic hydroxyl groups is 2. The minimum atomic E-state index is -0.109. The van der Waals surface area contributed by atoms with Crippen LogP contribution < -0.4 is 10.1 Å². The lowest BCUT2D eigenvalue weighted by Crippen LogP contribution is -2.33. The number of benzene rings is 1. The lowest BCUT2D eigenvalue weighted by molar-refractivity contribution is 0.254. The number of fused-ring (bicyclic) bond motifs is 1. The van der Waals surface area contributed by atoms with Crippen LogP contribution in [0.15, 0.2) is 18.3 Å². The molecule has 0 bridgehead atoms. The van der Waals surface area contributed by atoms with Gasteiger partial charge in [0.05, 0.1) is 17.8 Å². The molecule has 3 N–H and O–H groups in total. The Hall–Kier alpha value is -1.86. The molecule has 2 aromatic rings. The van der Waals surface area contributed by atoms with Crippen molar-refractivity contribution in [1.82, 2.24) is 14.1 Å². The van der Waals surface area contributed by atoms with Crippen molar-refractivity contribution in [2.24, 2.45) is 0 Å². The van der Waals surface area contributed by atoms with Crippen molar-refractivity contribution in [3.8, 4) is 17.4 Å². The van der Waals surface area contributed by atoms with Crippen LogP contribution in [0.1, 0.15) is 17.2 Å². The average molecular weight is 279 g/mol. The van der Waals surface area contributed by atoms with Gasteiger partial charge in [-0.1, -0.05) is 0 Å². The van der Waals surface area contributed by atoms with Gasteiger partial charge in [0, 0.05) is 0 Å². The lowest BCUT2D eigenvalue weighted by Gasteiger charge is -2.27. The van der Waals surface area contributed by atoms with Gasteiger partial charge in [0.15, 0.2) is 11.5 Å². The first-order valence-electron chi connectivity index (χ1n) is 5.92. The van der Waals surface area contributed by atoms with Crippen molar-refractivity contribution in [3.63, 3.8) is 0 Å². The van der Waals surface area contributed by atoms with Crippen LogP contribution in [0.4, 0.5) is 0 Å². The van der Waals surface area contributed by atoms with Gasteiger partial charge in [0.25, 0.3) is 0 Å². The summed E-state index contributed by atoms with van der Waals surface area (Å²) in [5.74, 6) is 0.314. The van der Waals surface area contributed by atoms with E-state index in [1.807, 2.05) is 0 Å². The molecule has 0 radical (unpaired) electrons. The van der Waals surface area contributed by atoms with Gasteiger partial charge in [0.1, 0.15) is 12.8 Å². The summed E-state index contributed by atoms with van der Waals surface area (Å²) in [6.07, 6.45) is 2.39. The zero-order valence-corrected chi connectivity index (χ0v) is 10.9. The van der Waals surface area contributed by atoms with E-state index in [-0.39, 0.29) is 17.5 Å². The van der Waals surface area contributed by atoms with Gasteiger partial charge >= 0.3 is 0 Å². The summed E-state index contributed by atoms with van der Waals surface area (Å²) in [5, 5.41) is 22.5. The van der Waals surface area contributed by atoms with Crippen molar-refractivity contribution in [2.75, 3.05) is 13.2 Å². The van der Waals surface area contributed by atoms with E-state index in [2.05, 4.69) is 14.1 Å². The van der Waals surface area contributed by atoms with Crippen molar-refractivity contribution in [3.05, 3.63) is 29.5 Å². The predicted molar refractivity (Wildman–Crippen MR) is 69.6 cm³/mol. The maximum Gasteiger partial charge on any atom is 0.245 e. The monoisotopic (exact) mass is 279 g/mol. The Morgan fingerprint density at radius 1 is 1.37 bits per heavy atom. The first-order valence-corrected chi connectivity index (χ1v) is 6.65. The second-order valence-corrected chi connectivity index (χ2v) is 4.91. The first-order chi connectivity index (χ1) is 9.24. The van der Waals surface area contributed by atoms with Gasteiger partial charge in [-0.25, -0.2) is 0 Å². The molecule has 0 spiro atoms. The summed E-state index contributed by atoms with van der Waals surface area (Å²) in [5.41, 5.74) is 1.98. The minimum absolute atomic E-state index is 0.0306. The molecule has 2 heterocycles. The molecule has 1 aliphatic heterocycles. The molecule has 1 aliphatic rings. The highest BCUT2D eigenvalue weighted by molar-refractivity contribution is 6.99. The number of hydrogen-bond acceptors (Lipinski definition) is 7. The highest BCUT2D eigenvalue weighted by Gasteiger charge is 2.22. The fraction of sp³-hybridized carbons (Fsp3) is 0.333. The number of phenolic OH excluding ortho intramolecular Hbond substituents is 2. The Bertz CT molecular complexity index is 574. The van der Waals surface area contributed by atoms with Crippen LogP contribution >= 0.6 is 11.7 Å². The van der Waals surface area contributed by atoms with Crippen LogP contribution in [0.5, 0.6) is 17.4 Å². The topological polar surface area (TPSA) is 87.5 Å².